The van der Waals surface area contributed by atoms with E-state index in [0.717, 1.165) is 24.4 Å². The van der Waals surface area contributed by atoms with E-state index < -0.39 is 34.2 Å². The molecule has 0 aliphatic carbocycles. The van der Waals surface area contributed by atoms with E-state index >= 15 is 0 Å². The van der Waals surface area contributed by atoms with E-state index in [4.69, 9.17) is 16.3 Å². The molecule has 0 saturated carbocycles. The number of hydrogen-bond donors (Lipinski definition) is 2. The van der Waals surface area contributed by atoms with E-state index in [-0.39, 0.29) is 17.0 Å². The molecule has 164 valence electrons. The first-order valence-electron chi connectivity index (χ1n) is 8.61. The van der Waals surface area contributed by atoms with Crippen LogP contribution in [0.15, 0.2) is 47.2 Å². The number of nitrogens with zero attached hydrogens (tertiary/aromatic N) is 1. The van der Waals surface area contributed by atoms with Gasteiger partial charge in [-0.05, 0) is 49.7 Å². The molecule has 2 aromatic rings. The molecule has 6 nitrogen and oxygen atoms in total. The van der Waals surface area contributed by atoms with Gasteiger partial charge < -0.3 is 10.1 Å². The molecule has 2 rings (SSSR count). The highest BCUT2D eigenvalue weighted by atomic mass is 35.5. The minimum absolute atomic E-state index is 0.0499. The Balaban J connectivity index is 2.50. The van der Waals surface area contributed by atoms with Crippen molar-refractivity contribution in [3.8, 4) is 11.5 Å². The van der Waals surface area contributed by atoms with Crippen LogP contribution in [0.5, 0.6) is 11.5 Å². The predicted octanol–water partition coefficient (Wildman–Crippen LogP) is 4.96. The molecule has 0 unspecified atom stereocenters. The van der Waals surface area contributed by atoms with Gasteiger partial charge in [0.15, 0.2) is 0 Å². The molecule has 2 aromatic carbocycles. The summed E-state index contributed by atoms with van der Waals surface area (Å²) in [4.78, 5) is 23.0. The third kappa shape index (κ3) is 6.29. The Morgan fingerprint density at radius 3 is 2.48 bits per heavy atom. The van der Waals surface area contributed by atoms with Gasteiger partial charge >= 0.3 is 6.18 Å². The van der Waals surface area contributed by atoms with Crippen molar-refractivity contribution in [1.82, 2.24) is 10.7 Å². The fourth-order valence-electron chi connectivity index (χ4n) is 2.39. The molecular formula is C20H16ClF4N3O3. The molecule has 0 fully saturated rings. The lowest BCUT2D eigenvalue weighted by Gasteiger charge is -2.17. The van der Waals surface area contributed by atoms with Crippen molar-refractivity contribution >= 4 is 30.1 Å². The van der Waals surface area contributed by atoms with Gasteiger partial charge in [-0.1, -0.05) is 17.7 Å². The SMILES string of the molecule is C/C=C(\C=N/NC=O)NC(=O)c1cc(Cl)c(C(F)(F)F)cc1Oc1ccc(F)cc1C. The van der Waals surface area contributed by atoms with E-state index in [9.17, 15) is 27.2 Å². The number of aryl methyl sites for hydroxylation is 1. The fraction of sp³-hybridized carbons (Fsp3) is 0.150. The van der Waals surface area contributed by atoms with Crippen LogP contribution < -0.4 is 15.5 Å². The quantitative estimate of drug-likeness (QED) is 0.267. The molecule has 0 atom stereocenters. The molecule has 31 heavy (non-hydrogen) atoms. The number of amides is 2. The topological polar surface area (TPSA) is 79.8 Å². The maximum absolute atomic E-state index is 13.3. The van der Waals surface area contributed by atoms with Gasteiger partial charge in [0.25, 0.3) is 5.91 Å². The second kappa shape index (κ2) is 10.1. The summed E-state index contributed by atoms with van der Waals surface area (Å²) in [5.74, 6) is -1.80. The van der Waals surface area contributed by atoms with E-state index in [1.165, 1.54) is 19.1 Å². The van der Waals surface area contributed by atoms with Crippen molar-refractivity contribution in [2.45, 2.75) is 20.0 Å². The molecule has 0 spiro atoms. The van der Waals surface area contributed by atoms with Gasteiger partial charge in [-0.2, -0.15) is 18.3 Å². The molecule has 0 aliphatic rings. The Hall–Kier alpha value is -3.40. The molecule has 0 aromatic heterocycles. The molecule has 0 radical (unpaired) electrons. The molecule has 0 heterocycles. The van der Waals surface area contributed by atoms with Crippen LogP contribution in [-0.2, 0) is 11.0 Å². The predicted molar refractivity (Wildman–Crippen MR) is 107 cm³/mol. The lowest BCUT2D eigenvalue weighted by molar-refractivity contribution is -0.137. The average molecular weight is 458 g/mol. The summed E-state index contributed by atoms with van der Waals surface area (Å²) in [6.07, 6.45) is -1.95. The third-order valence-corrected chi connectivity index (χ3v) is 4.19. The number of carbonyl (C=O) groups excluding carboxylic acids is 2. The summed E-state index contributed by atoms with van der Waals surface area (Å²) in [7, 11) is 0. The highest BCUT2D eigenvalue weighted by Crippen LogP contribution is 2.40. The van der Waals surface area contributed by atoms with Gasteiger partial charge in [0, 0.05) is 0 Å². The summed E-state index contributed by atoms with van der Waals surface area (Å²) >= 11 is 5.76. The fourth-order valence-corrected chi connectivity index (χ4v) is 2.66. The highest BCUT2D eigenvalue weighted by Gasteiger charge is 2.35. The first-order valence-corrected chi connectivity index (χ1v) is 8.99. The number of ether oxygens (including phenoxy) is 1. The first-order chi connectivity index (χ1) is 14.6. The largest absolute Gasteiger partial charge is 0.456 e. The van der Waals surface area contributed by atoms with Crippen molar-refractivity contribution in [2.75, 3.05) is 0 Å². The normalized spacial score (nSPS) is 12.0. The number of alkyl halides is 3. The zero-order valence-electron chi connectivity index (χ0n) is 16.2. The van der Waals surface area contributed by atoms with Crippen LogP contribution in [0.25, 0.3) is 0 Å². The molecule has 11 heteroatoms. The van der Waals surface area contributed by atoms with Crippen molar-refractivity contribution in [1.29, 1.82) is 0 Å². The van der Waals surface area contributed by atoms with Crippen molar-refractivity contribution in [2.24, 2.45) is 5.10 Å². The molecule has 0 bridgehead atoms. The van der Waals surface area contributed by atoms with Crippen LogP contribution in [0, 0.1) is 12.7 Å². The number of halogens is 5. The molecule has 2 N–H and O–H groups in total. The average Bonchev–Trinajstić information content (AvgIpc) is 2.69. The maximum Gasteiger partial charge on any atom is 0.417 e. The second-order valence-electron chi connectivity index (χ2n) is 6.04. The van der Waals surface area contributed by atoms with E-state index in [2.05, 4.69) is 10.4 Å². The number of nitrogens with one attached hydrogen (secondary N) is 2. The zero-order chi connectivity index (χ0) is 23.2. The van der Waals surface area contributed by atoms with Crippen LogP contribution in [0.4, 0.5) is 17.6 Å². The number of carbonyl (C=O) groups is 2. The van der Waals surface area contributed by atoms with Crippen molar-refractivity contribution < 1.29 is 31.9 Å². The van der Waals surface area contributed by atoms with Crippen LogP contribution in [0.1, 0.15) is 28.4 Å². The lowest BCUT2D eigenvalue weighted by Crippen LogP contribution is -2.25. The Morgan fingerprint density at radius 2 is 1.90 bits per heavy atom. The number of hydrogen-bond acceptors (Lipinski definition) is 4. The lowest BCUT2D eigenvalue weighted by atomic mass is 10.1. The number of hydrazone groups is 1. The van der Waals surface area contributed by atoms with Crippen LogP contribution >= 0.6 is 11.6 Å². The molecular weight excluding hydrogens is 442 g/mol. The molecule has 0 saturated heterocycles. The van der Waals surface area contributed by atoms with Gasteiger partial charge in [0.05, 0.1) is 28.1 Å². The van der Waals surface area contributed by atoms with E-state index in [1.807, 2.05) is 5.43 Å². The smallest absolute Gasteiger partial charge is 0.417 e. The minimum atomic E-state index is -4.80. The third-order valence-electron chi connectivity index (χ3n) is 3.88. The van der Waals surface area contributed by atoms with Gasteiger partial charge in [0.2, 0.25) is 6.41 Å². The number of benzene rings is 2. The summed E-state index contributed by atoms with van der Waals surface area (Å²) < 4.78 is 58.8. The summed E-state index contributed by atoms with van der Waals surface area (Å²) in [5, 5.41) is 5.22. The Bertz CT molecular complexity index is 1050. The Kier molecular flexibility index (Phi) is 7.76. The summed E-state index contributed by atoms with van der Waals surface area (Å²) in [6, 6.07) is 4.84. The van der Waals surface area contributed by atoms with Gasteiger partial charge in [0.1, 0.15) is 17.3 Å². The van der Waals surface area contributed by atoms with Gasteiger partial charge in [-0.25, -0.2) is 9.82 Å². The second-order valence-corrected chi connectivity index (χ2v) is 6.45. The minimum Gasteiger partial charge on any atom is -0.456 e. The number of allylic oxidation sites excluding steroid dienone is 2. The monoisotopic (exact) mass is 457 g/mol. The maximum atomic E-state index is 13.3. The summed E-state index contributed by atoms with van der Waals surface area (Å²) in [6.45, 7) is 3.05. The van der Waals surface area contributed by atoms with Crippen LogP contribution in [-0.4, -0.2) is 18.5 Å². The zero-order valence-corrected chi connectivity index (χ0v) is 16.9. The van der Waals surface area contributed by atoms with Crippen molar-refractivity contribution in [3.05, 3.63) is 69.6 Å². The van der Waals surface area contributed by atoms with E-state index in [0.29, 0.717) is 18.0 Å². The molecule has 2 amide bonds. The van der Waals surface area contributed by atoms with Crippen LogP contribution in [0.2, 0.25) is 5.02 Å². The Labute approximate surface area is 179 Å². The van der Waals surface area contributed by atoms with Crippen LogP contribution in [0.3, 0.4) is 0 Å². The van der Waals surface area contributed by atoms with Gasteiger partial charge in [-0.15, -0.1) is 0 Å². The Morgan fingerprint density at radius 1 is 1.19 bits per heavy atom. The number of rotatable bonds is 7. The standard InChI is InChI=1S/C20H16ClF4N3O3/c1-3-13(9-26-27-10-29)28-19(30)14-7-16(21)15(20(23,24)25)8-18(14)31-17-5-4-12(22)6-11(17)2/h3-10H,1-2H3,(H,27,29)(H,28,30)/b13-3+,26-9-. The van der Waals surface area contributed by atoms with Crippen molar-refractivity contribution in [3.63, 3.8) is 0 Å². The van der Waals surface area contributed by atoms with E-state index in [1.54, 1.807) is 6.92 Å². The summed E-state index contributed by atoms with van der Waals surface area (Å²) in [5.41, 5.74) is 0.937. The van der Waals surface area contributed by atoms with Gasteiger partial charge in [-0.3, -0.25) is 9.59 Å². The highest BCUT2D eigenvalue weighted by molar-refractivity contribution is 6.32. The first kappa shape index (κ1) is 23.9. The molecule has 0 aliphatic heterocycles.